The van der Waals surface area contributed by atoms with Crippen LogP contribution < -0.4 is 5.32 Å². The van der Waals surface area contributed by atoms with Crippen molar-refractivity contribution in [2.45, 2.75) is 71.6 Å². The molecule has 0 unspecified atom stereocenters. The minimum absolute atomic E-state index is 0.139. The van der Waals surface area contributed by atoms with E-state index in [-0.39, 0.29) is 5.91 Å². The van der Waals surface area contributed by atoms with E-state index in [0.29, 0.717) is 6.42 Å². The Labute approximate surface area is 124 Å². The Bertz CT molecular complexity index is 370. The van der Waals surface area contributed by atoms with E-state index in [1.165, 1.54) is 50.5 Å². The van der Waals surface area contributed by atoms with Crippen LogP contribution in [0.25, 0.3) is 0 Å². The van der Waals surface area contributed by atoms with E-state index in [0.717, 1.165) is 12.1 Å². The SMILES string of the molecule is CCCCCCCCCCC(=O)Nc1ccc(C)cc1. The van der Waals surface area contributed by atoms with E-state index in [4.69, 9.17) is 0 Å². The molecule has 0 bridgehead atoms. The molecule has 1 aromatic carbocycles. The van der Waals surface area contributed by atoms with Gasteiger partial charge in [-0.05, 0) is 25.5 Å². The molecule has 2 nitrogen and oxygen atoms in total. The molecule has 0 spiro atoms. The van der Waals surface area contributed by atoms with Gasteiger partial charge in [-0.25, -0.2) is 0 Å². The summed E-state index contributed by atoms with van der Waals surface area (Å²) in [6.45, 7) is 4.29. The number of hydrogen-bond donors (Lipinski definition) is 1. The van der Waals surface area contributed by atoms with Crippen LogP contribution in [0, 0.1) is 6.92 Å². The molecule has 1 amide bonds. The van der Waals surface area contributed by atoms with Gasteiger partial charge in [-0.2, -0.15) is 0 Å². The quantitative estimate of drug-likeness (QED) is 0.564. The number of benzene rings is 1. The summed E-state index contributed by atoms with van der Waals surface area (Å²) in [6, 6.07) is 7.96. The lowest BCUT2D eigenvalue weighted by molar-refractivity contribution is -0.116. The molecule has 0 saturated heterocycles. The van der Waals surface area contributed by atoms with Crippen LogP contribution in [0.1, 0.15) is 70.3 Å². The molecule has 1 N–H and O–H groups in total. The maximum atomic E-state index is 11.8. The molecular weight excluding hydrogens is 246 g/mol. The molecule has 1 aromatic rings. The van der Waals surface area contributed by atoms with Gasteiger partial charge in [0.15, 0.2) is 0 Å². The van der Waals surface area contributed by atoms with Crippen LogP contribution in [-0.2, 0) is 4.79 Å². The lowest BCUT2D eigenvalue weighted by Crippen LogP contribution is -2.10. The van der Waals surface area contributed by atoms with Crippen molar-refractivity contribution in [3.63, 3.8) is 0 Å². The number of aryl methyl sites for hydroxylation is 1. The Kier molecular flexibility index (Phi) is 8.77. The predicted molar refractivity (Wildman–Crippen MR) is 87.0 cm³/mol. The van der Waals surface area contributed by atoms with Gasteiger partial charge in [0.2, 0.25) is 5.91 Å². The normalized spacial score (nSPS) is 10.5. The van der Waals surface area contributed by atoms with Crippen molar-refractivity contribution < 1.29 is 4.79 Å². The van der Waals surface area contributed by atoms with Crippen molar-refractivity contribution in [1.82, 2.24) is 0 Å². The number of hydrogen-bond acceptors (Lipinski definition) is 1. The summed E-state index contributed by atoms with van der Waals surface area (Å²) in [5.41, 5.74) is 2.12. The molecule has 1 rings (SSSR count). The number of carbonyl (C=O) groups excluding carboxylic acids is 1. The first-order valence-corrected chi connectivity index (χ1v) is 8.09. The molecular formula is C18H29NO. The topological polar surface area (TPSA) is 29.1 Å². The minimum atomic E-state index is 0.139. The summed E-state index contributed by atoms with van der Waals surface area (Å²) >= 11 is 0. The number of anilines is 1. The third-order valence-corrected chi connectivity index (χ3v) is 3.59. The van der Waals surface area contributed by atoms with Crippen molar-refractivity contribution in [2.75, 3.05) is 5.32 Å². The molecule has 112 valence electrons. The Morgan fingerprint density at radius 1 is 0.900 bits per heavy atom. The van der Waals surface area contributed by atoms with E-state index < -0.39 is 0 Å². The van der Waals surface area contributed by atoms with E-state index in [2.05, 4.69) is 12.2 Å². The smallest absolute Gasteiger partial charge is 0.224 e. The maximum Gasteiger partial charge on any atom is 0.224 e. The zero-order valence-corrected chi connectivity index (χ0v) is 13.1. The summed E-state index contributed by atoms with van der Waals surface area (Å²) < 4.78 is 0. The lowest BCUT2D eigenvalue weighted by atomic mass is 10.1. The molecule has 0 aromatic heterocycles. The number of nitrogens with one attached hydrogen (secondary N) is 1. The highest BCUT2D eigenvalue weighted by atomic mass is 16.1. The number of unbranched alkanes of at least 4 members (excludes halogenated alkanes) is 7. The molecule has 0 heterocycles. The van der Waals surface area contributed by atoms with Crippen molar-refractivity contribution in [2.24, 2.45) is 0 Å². The van der Waals surface area contributed by atoms with Crippen molar-refractivity contribution >= 4 is 11.6 Å². The Morgan fingerprint density at radius 2 is 1.45 bits per heavy atom. The van der Waals surface area contributed by atoms with Gasteiger partial charge < -0.3 is 5.32 Å². The highest BCUT2D eigenvalue weighted by molar-refractivity contribution is 5.90. The van der Waals surface area contributed by atoms with Crippen LogP contribution in [0.15, 0.2) is 24.3 Å². The largest absolute Gasteiger partial charge is 0.326 e. The fraction of sp³-hybridized carbons (Fsp3) is 0.611. The standard InChI is InChI=1S/C18H29NO/c1-3-4-5-6-7-8-9-10-11-18(20)19-17-14-12-16(2)13-15-17/h12-15H,3-11H2,1-2H3,(H,19,20). The van der Waals surface area contributed by atoms with Crippen LogP contribution in [0.3, 0.4) is 0 Å². The second-order valence-corrected chi connectivity index (χ2v) is 5.64. The molecule has 0 aliphatic rings. The van der Waals surface area contributed by atoms with Crippen LogP contribution in [-0.4, -0.2) is 5.91 Å². The van der Waals surface area contributed by atoms with Gasteiger partial charge in [-0.15, -0.1) is 0 Å². The van der Waals surface area contributed by atoms with E-state index >= 15 is 0 Å². The fourth-order valence-electron chi connectivity index (χ4n) is 2.28. The first kappa shape index (κ1) is 16.7. The van der Waals surface area contributed by atoms with Gasteiger partial charge in [-0.3, -0.25) is 4.79 Å². The average Bonchev–Trinajstić information content (AvgIpc) is 2.44. The van der Waals surface area contributed by atoms with Gasteiger partial charge in [0.05, 0.1) is 0 Å². The molecule has 0 aliphatic heterocycles. The van der Waals surface area contributed by atoms with Gasteiger partial charge in [0.1, 0.15) is 0 Å². The van der Waals surface area contributed by atoms with Gasteiger partial charge in [0, 0.05) is 12.1 Å². The Morgan fingerprint density at radius 3 is 2.05 bits per heavy atom. The van der Waals surface area contributed by atoms with Crippen LogP contribution in [0.5, 0.6) is 0 Å². The zero-order valence-electron chi connectivity index (χ0n) is 13.1. The first-order valence-electron chi connectivity index (χ1n) is 8.09. The number of carbonyl (C=O) groups is 1. The third-order valence-electron chi connectivity index (χ3n) is 3.59. The molecule has 0 fully saturated rings. The summed E-state index contributed by atoms with van der Waals surface area (Å²) in [7, 11) is 0. The third kappa shape index (κ3) is 7.98. The molecule has 2 heteroatoms. The molecule has 0 atom stereocenters. The number of rotatable bonds is 10. The lowest BCUT2D eigenvalue weighted by Gasteiger charge is -2.05. The summed E-state index contributed by atoms with van der Waals surface area (Å²) in [5.74, 6) is 0.139. The minimum Gasteiger partial charge on any atom is -0.326 e. The van der Waals surface area contributed by atoms with Gasteiger partial charge >= 0.3 is 0 Å². The highest BCUT2D eigenvalue weighted by Crippen LogP contribution is 2.12. The van der Waals surface area contributed by atoms with Gasteiger partial charge in [0.25, 0.3) is 0 Å². The molecule has 0 saturated carbocycles. The van der Waals surface area contributed by atoms with Crippen molar-refractivity contribution in [3.8, 4) is 0 Å². The highest BCUT2D eigenvalue weighted by Gasteiger charge is 2.01. The first-order chi connectivity index (χ1) is 9.72. The summed E-state index contributed by atoms with van der Waals surface area (Å²) in [5, 5.41) is 2.95. The average molecular weight is 275 g/mol. The summed E-state index contributed by atoms with van der Waals surface area (Å²) in [4.78, 5) is 11.8. The molecule has 20 heavy (non-hydrogen) atoms. The monoisotopic (exact) mass is 275 g/mol. The molecule has 0 radical (unpaired) electrons. The van der Waals surface area contributed by atoms with Crippen molar-refractivity contribution in [1.29, 1.82) is 0 Å². The maximum absolute atomic E-state index is 11.8. The predicted octanol–water partition coefficient (Wildman–Crippen LogP) is 5.46. The number of amides is 1. The molecule has 0 aliphatic carbocycles. The fourth-order valence-corrected chi connectivity index (χ4v) is 2.28. The van der Waals surface area contributed by atoms with E-state index in [9.17, 15) is 4.79 Å². The second-order valence-electron chi connectivity index (χ2n) is 5.64. The van der Waals surface area contributed by atoms with Crippen molar-refractivity contribution in [3.05, 3.63) is 29.8 Å². The zero-order chi connectivity index (χ0) is 14.6. The van der Waals surface area contributed by atoms with E-state index in [1.807, 2.05) is 31.2 Å². The van der Waals surface area contributed by atoms with Crippen LogP contribution in [0.2, 0.25) is 0 Å². The Balaban J connectivity index is 2.01. The summed E-state index contributed by atoms with van der Waals surface area (Å²) in [6.07, 6.45) is 10.8. The van der Waals surface area contributed by atoms with Crippen LogP contribution in [0.4, 0.5) is 5.69 Å². The van der Waals surface area contributed by atoms with E-state index in [1.54, 1.807) is 0 Å². The van der Waals surface area contributed by atoms with Crippen LogP contribution >= 0.6 is 0 Å². The van der Waals surface area contributed by atoms with Gasteiger partial charge in [-0.1, -0.05) is 69.6 Å². The Hall–Kier alpha value is -1.31. The second kappa shape index (κ2) is 10.5.